The zero-order valence-corrected chi connectivity index (χ0v) is 20.5. The van der Waals surface area contributed by atoms with Gasteiger partial charge in [0.2, 0.25) is 0 Å². The Kier molecular flexibility index (Phi) is 7.18. The average Bonchev–Trinajstić information content (AvgIpc) is 3.20. The van der Waals surface area contributed by atoms with Crippen molar-refractivity contribution in [3.63, 3.8) is 0 Å². The van der Waals surface area contributed by atoms with Crippen molar-refractivity contribution in [3.8, 4) is 21.9 Å². The van der Waals surface area contributed by atoms with Gasteiger partial charge >= 0.3 is 0 Å². The van der Waals surface area contributed by atoms with E-state index in [1.54, 1.807) is 24.3 Å². The fourth-order valence-corrected chi connectivity index (χ4v) is 5.91. The number of alkyl halides is 1. The minimum absolute atomic E-state index is 0.113. The number of thiazole rings is 1. The Labute approximate surface area is 204 Å². The van der Waals surface area contributed by atoms with E-state index in [2.05, 4.69) is 15.0 Å². The van der Waals surface area contributed by atoms with E-state index < -0.39 is 22.6 Å². The lowest BCUT2D eigenvalue weighted by atomic mass is 9.86. The highest BCUT2D eigenvalue weighted by atomic mass is 32.2. The lowest BCUT2D eigenvalue weighted by Gasteiger charge is -2.27. The summed E-state index contributed by atoms with van der Waals surface area (Å²) in [6.45, 7) is 1.81. The van der Waals surface area contributed by atoms with E-state index in [9.17, 15) is 14.1 Å². The smallest absolute Gasteiger partial charge is 0.263 e. The molecule has 1 aliphatic carbocycles. The molecule has 0 aliphatic heterocycles. The Morgan fingerprint density at radius 1 is 1.18 bits per heavy atom. The molecule has 4 rings (SSSR count). The molecule has 0 radical (unpaired) electrons. The third-order valence-corrected chi connectivity index (χ3v) is 8.04. The van der Waals surface area contributed by atoms with Crippen molar-refractivity contribution in [2.75, 3.05) is 17.1 Å². The van der Waals surface area contributed by atoms with Crippen LogP contribution in [0.2, 0.25) is 0 Å². The summed E-state index contributed by atoms with van der Waals surface area (Å²) in [5, 5.41) is 12.4. The second-order valence-electron chi connectivity index (χ2n) is 8.20. The fraction of sp³-hybridized carbons (Fsp3) is 0.333. The summed E-state index contributed by atoms with van der Waals surface area (Å²) >= 11 is 1.25. The number of aryl methyl sites for hydroxylation is 1. The van der Waals surface area contributed by atoms with Crippen molar-refractivity contribution >= 4 is 39.0 Å². The van der Waals surface area contributed by atoms with Gasteiger partial charge in [0.1, 0.15) is 16.4 Å². The van der Waals surface area contributed by atoms with Crippen molar-refractivity contribution in [2.24, 2.45) is 0 Å². The summed E-state index contributed by atoms with van der Waals surface area (Å²) in [7, 11) is -0.146. The summed E-state index contributed by atoms with van der Waals surface area (Å²) in [6, 6.07) is 11.5. The van der Waals surface area contributed by atoms with Crippen LogP contribution in [0.15, 0.2) is 47.4 Å². The van der Waals surface area contributed by atoms with Gasteiger partial charge in [0.25, 0.3) is 5.91 Å². The van der Waals surface area contributed by atoms with Gasteiger partial charge in [-0.05, 0) is 80.6 Å². The third-order valence-electron chi connectivity index (χ3n) is 5.77. The number of anilines is 2. The highest BCUT2D eigenvalue weighted by Gasteiger charge is 2.40. The van der Waals surface area contributed by atoms with E-state index in [4.69, 9.17) is 4.74 Å². The summed E-state index contributed by atoms with van der Waals surface area (Å²) in [6.07, 6.45) is 2.82. The number of nitrogens with zero attached hydrogens (tertiary/aromatic N) is 1. The number of ether oxygens (including phenoxy) is 1. The predicted molar refractivity (Wildman–Crippen MR) is 133 cm³/mol. The number of hydrogen-bond donors (Lipinski definition) is 3. The molecular weight excluding hydrogens is 477 g/mol. The number of rotatable bonds is 7. The van der Waals surface area contributed by atoms with Crippen molar-refractivity contribution in [3.05, 3.63) is 48.2 Å². The van der Waals surface area contributed by atoms with Crippen LogP contribution in [0, 0.1) is 6.92 Å². The van der Waals surface area contributed by atoms with Crippen LogP contribution >= 0.6 is 11.3 Å². The number of methoxy groups -OCH3 is 1. The first-order valence-electron chi connectivity index (χ1n) is 10.9. The quantitative estimate of drug-likeness (QED) is 0.366. The molecule has 1 aliphatic rings. The molecule has 1 heterocycles. The van der Waals surface area contributed by atoms with Crippen LogP contribution in [0.5, 0.6) is 11.5 Å². The maximum absolute atomic E-state index is 15.0. The summed E-state index contributed by atoms with van der Waals surface area (Å²) in [5.74, 6) is -0.0792. The number of halogens is 1. The number of hydrogen-bond acceptors (Lipinski definition) is 6. The molecule has 3 N–H and O–H groups in total. The molecule has 0 saturated heterocycles. The second-order valence-corrected chi connectivity index (χ2v) is 10.4. The normalized spacial score (nSPS) is 16.0. The number of benzene rings is 2. The summed E-state index contributed by atoms with van der Waals surface area (Å²) < 4.78 is 36.4. The van der Waals surface area contributed by atoms with Crippen LogP contribution in [0.25, 0.3) is 10.4 Å². The number of phenolic OH excluding ortho intramolecular Hbond substituents is 1. The second kappa shape index (κ2) is 10.1. The molecule has 1 amide bonds. The molecular formula is C24H26FN3O4S2. The predicted octanol–water partition coefficient (Wildman–Crippen LogP) is 5.58. The third kappa shape index (κ3) is 5.23. The van der Waals surface area contributed by atoms with Gasteiger partial charge in [-0.2, -0.15) is 0 Å². The molecule has 1 fully saturated rings. The molecule has 180 valence electrons. The van der Waals surface area contributed by atoms with Crippen LogP contribution < -0.4 is 14.8 Å². The zero-order valence-electron chi connectivity index (χ0n) is 18.9. The number of carbonyl (C=O) groups is 1. The average molecular weight is 504 g/mol. The molecule has 1 saturated carbocycles. The SMILES string of the molecule is COc1ccc(-c2sc(NC(=O)C3(F)CCCCC3)nc2C)cc1S(=O)Nc1ccc(O)cc1. The number of aromatic nitrogens is 1. The van der Waals surface area contributed by atoms with Gasteiger partial charge < -0.3 is 14.6 Å². The van der Waals surface area contributed by atoms with Gasteiger partial charge in [-0.3, -0.25) is 10.1 Å². The molecule has 2 aromatic carbocycles. The zero-order chi connectivity index (χ0) is 24.3. The molecule has 3 aromatic rings. The van der Waals surface area contributed by atoms with Gasteiger partial charge in [0, 0.05) is 5.69 Å². The minimum Gasteiger partial charge on any atom is -0.508 e. The van der Waals surface area contributed by atoms with Crippen LogP contribution in [0.3, 0.4) is 0 Å². The van der Waals surface area contributed by atoms with Gasteiger partial charge in [-0.25, -0.2) is 13.6 Å². The highest BCUT2D eigenvalue weighted by molar-refractivity contribution is 7.86. The first-order valence-corrected chi connectivity index (χ1v) is 12.9. The Morgan fingerprint density at radius 2 is 1.88 bits per heavy atom. The van der Waals surface area contributed by atoms with Crippen LogP contribution in [-0.4, -0.2) is 33.0 Å². The van der Waals surface area contributed by atoms with Gasteiger partial charge in [0.15, 0.2) is 21.8 Å². The van der Waals surface area contributed by atoms with E-state index in [-0.39, 0.29) is 18.6 Å². The number of amides is 1. The van der Waals surface area contributed by atoms with E-state index in [0.29, 0.717) is 40.0 Å². The Balaban J connectivity index is 1.57. The highest BCUT2D eigenvalue weighted by Crippen LogP contribution is 2.38. The molecule has 1 aromatic heterocycles. The molecule has 34 heavy (non-hydrogen) atoms. The number of phenols is 1. The van der Waals surface area contributed by atoms with E-state index in [0.717, 1.165) is 16.9 Å². The maximum atomic E-state index is 15.0. The maximum Gasteiger partial charge on any atom is 0.263 e. The monoisotopic (exact) mass is 503 g/mol. The van der Waals surface area contributed by atoms with Gasteiger partial charge in [-0.1, -0.05) is 17.8 Å². The van der Waals surface area contributed by atoms with Crippen molar-refractivity contribution in [2.45, 2.75) is 49.6 Å². The molecule has 0 spiro atoms. The largest absolute Gasteiger partial charge is 0.508 e. The molecule has 1 atom stereocenters. The van der Waals surface area contributed by atoms with Crippen molar-refractivity contribution in [1.29, 1.82) is 0 Å². The molecule has 0 bridgehead atoms. The van der Waals surface area contributed by atoms with Gasteiger partial charge in [0.05, 0.1) is 17.7 Å². The lowest BCUT2D eigenvalue weighted by Crippen LogP contribution is -2.40. The summed E-state index contributed by atoms with van der Waals surface area (Å²) in [4.78, 5) is 18.2. The van der Waals surface area contributed by atoms with Crippen LogP contribution in [-0.2, 0) is 15.8 Å². The van der Waals surface area contributed by atoms with Crippen molar-refractivity contribution < 1.29 is 23.2 Å². The van der Waals surface area contributed by atoms with Gasteiger partial charge in [-0.15, -0.1) is 0 Å². The number of nitrogens with one attached hydrogen (secondary N) is 2. The fourth-order valence-electron chi connectivity index (χ4n) is 3.92. The first-order chi connectivity index (χ1) is 16.3. The van der Waals surface area contributed by atoms with Crippen molar-refractivity contribution in [1.82, 2.24) is 4.98 Å². The Hall–Kier alpha value is -2.98. The Morgan fingerprint density at radius 3 is 2.56 bits per heavy atom. The summed E-state index contributed by atoms with van der Waals surface area (Å²) in [5.41, 5.74) is 0.151. The van der Waals surface area contributed by atoms with E-state index in [1.165, 1.54) is 30.6 Å². The topological polar surface area (TPSA) is 101 Å². The number of aromatic hydroxyl groups is 1. The first kappa shape index (κ1) is 24.2. The standard InChI is InChI=1S/C24H26FN3O4S2/c1-15-21(33-23(26-15)27-22(30)24(25)12-4-3-5-13-24)16-6-11-19(32-2)20(14-16)34(31)28-17-7-9-18(29)10-8-17/h6-11,14,28-29H,3-5,12-13H2,1-2H3,(H,26,27,30). The number of carbonyl (C=O) groups excluding carboxylic acids is 1. The molecule has 7 nitrogen and oxygen atoms in total. The lowest BCUT2D eigenvalue weighted by molar-refractivity contribution is -0.129. The molecule has 1 unspecified atom stereocenters. The van der Waals surface area contributed by atoms with E-state index in [1.807, 2.05) is 13.0 Å². The molecule has 10 heteroatoms. The van der Waals surface area contributed by atoms with Crippen LogP contribution in [0.1, 0.15) is 37.8 Å². The van der Waals surface area contributed by atoms with E-state index >= 15 is 4.39 Å². The minimum atomic E-state index is -1.85. The van der Waals surface area contributed by atoms with Crippen LogP contribution in [0.4, 0.5) is 15.2 Å². The Bertz CT molecular complexity index is 1210.